The van der Waals surface area contributed by atoms with Crippen LogP contribution >= 0.6 is 0 Å². The van der Waals surface area contributed by atoms with Crippen LogP contribution < -0.4 is 0 Å². The van der Waals surface area contributed by atoms with Gasteiger partial charge in [-0.05, 0) is 42.2 Å². The number of fused-ring (bicyclic) bond motifs is 1. The van der Waals surface area contributed by atoms with Crippen molar-refractivity contribution in [2.75, 3.05) is 0 Å². The van der Waals surface area contributed by atoms with Crippen molar-refractivity contribution in [3.8, 4) is 0 Å². The molecule has 18 heavy (non-hydrogen) atoms. The first-order valence-corrected chi connectivity index (χ1v) is 6.05. The lowest BCUT2D eigenvalue weighted by Gasteiger charge is -2.29. The van der Waals surface area contributed by atoms with Crippen LogP contribution in [0.3, 0.4) is 0 Å². The highest BCUT2D eigenvalue weighted by Crippen LogP contribution is 2.37. The first-order chi connectivity index (χ1) is 8.66. The Balaban J connectivity index is 1.96. The van der Waals surface area contributed by atoms with Gasteiger partial charge in [0.2, 0.25) is 0 Å². The van der Waals surface area contributed by atoms with Gasteiger partial charge in [0.25, 0.3) is 0 Å². The predicted octanol–water partition coefficient (Wildman–Crippen LogP) is 3.66. The van der Waals surface area contributed by atoms with Crippen LogP contribution in [0.25, 0.3) is 0 Å². The Bertz CT molecular complexity index is 631. The van der Waals surface area contributed by atoms with Gasteiger partial charge in [0.1, 0.15) is 5.82 Å². The summed E-state index contributed by atoms with van der Waals surface area (Å²) in [6, 6.07) is 12.3. The zero-order valence-electron chi connectivity index (χ0n) is 10.1. The number of aryl methyl sites for hydroxylation is 1. The third kappa shape index (κ3) is 1.65. The molecule has 2 aromatic carbocycles. The van der Waals surface area contributed by atoms with E-state index in [1.807, 2.05) is 31.2 Å². The highest BCUT2D eigenvalue weighted by atomic mass is 19.1. The van der Waals surface area contributed by atoms with Crippen molar-refractivity contribution in [2.24, 2.45) is 0 Å². The summed E-state index contributed by atoms with van der Waals surface area (Å²) in [5, 5.41) is 0. The van der Waals surface area contributed by atoms with Gasteiger partial charge in [0.15, 0.2) is 5.78 Å². The minimum atomic E-state index is -0.350. The van der Waals surface area contributed by atoms with Crippen molar-refractivity contribution in [1.29, 1.82) is 0 Å². The third-order valence-corrected chi connectivity index (χ3v) is 3.64. The third-order valence-electron chi connectivity index (χ3n) is 3.64. The summed E-state index contributed by atoms with van der Waals surface area (Å²) in [5.41, 5.74) is 3.66. The van der Waals surface area contributed by atoms with E-state index in [1.54, 1.807) is 6.07 Å². The van der Waals surface area contributed by atoms with E-state index < -0.39 is 0 Å². The monoisotopic (exact) mass is 240 g/mol. The van der Waals surface area contributed by atoms with Gasteiger partial charge in [-0.15, -0.1) is 0 Å². The van der Waals surface area contributed by atoms with Crippen molar-refractivity contribution in [3.05, 3.63) is 70.5 Å². The number of hydrogen-bond acceptors (Lipinski definition) is 1. The molecule has 2 heteroatoms. The summed E-state index contributed by atoms with van der Waals surface area (Å²) in [5.74, 6) is -0.413. The van der Waals surface area contributed by atoms with E-state index in [-0.39, 0.29) is 17.5 Å². The Morgan fingerprint density at radius 2 is 2.00 bits per heavy atom. The van der Waals surface area contributed by atoms with Gasteiger partial charge in [0, 0.05) is 5.56 Å². The Morgan fingerprint density at radius 1 is 1.22 bits per heavy atom. The second kappa shape index (κ2) is 4.05. The fourth-order valence-corrected chi connectivity index (χ4v) is 2.54. The molecule has 0 fully saturated rings. The maximum Gasteiger partial charge on any atom is 0.171 e. The van der Waals surface area contributed by atoms with Crippen LogP contribution in [0.2, 0.25) is 0 Å². The number of Topliss-reactive ketones (excluding diaryl/α,β-unsaturated/α-hetero) is 1. The van der Waals surface area contributed by atoms with Crippen molar-refractivity contribution >= 4 is 5.78 Å². The molecule has 0 bridgehead atoms. The molecule has 0 heterocycles. The fourth-order valence-electron chi connectivity index (χ4n) is 2.54. The lowest BCUT2D eigenvalue weighted by Crippen LogP contribution is -2.25. The van der Waals surface area contributed by atoms with E-state index in [9.17, 15) is 9.18 Å². The van der Waals surface area contributed by atoms with E-state index in [1.165, 1.54) is 17.7 Å². The molecule has 0 aliphatic heterocycles. The largest absolute Gasteiger partial charge is 0.293 e. The topological polar surface area (TPSA) is 17.1 Å². The maximum absolute atomic E-state index is 13.2. The molecule has 0 saturated heterocycles. The van der Waals surface area contributed by atoms with Gasteiger partial charge in [0.05, 0.1) is 5.92 Å². The van der Waals surface area contributed by atoms with Crippen LogP contribution in [-0.4, -0.2) is 5.78 Å². The van der Waals surface area contributed by atoms with Gasteiger partial charge < -0.3 is 0 Å². The first-order valence-electron chi connectivity index (χ1n) is 6.05. The van der Waals surface area contributed by atoms with Crippen LogP contribution in [-0.2, 0) is 6.42 Å². The standard InChI is InChI=1S/C16H13FO/c1-10-6-7-12(17)9-14(10)16(18)15-8-11-4-2-3-5-13(11)15/h2-7,9,15H,8H2,1H3. The number of benzene rings is 2. The zero-order valence-corrected chi connectivity index (χ0v) is 10.1. The van der Waals surface area contributed by atoms with Crippen LogP contribution in [0.15, 0.2) is 42.5 Å². The maximum atomic E-state index is 13.2. The lowest BCUT2D eigenvalue weighted by atomic mass is 9.73. The average molecular weight is 240 g/mol. The number of carbonyl (C=O) groups is 1. The number of carbonyl (C=O) groups excluding carboxylic acids is 1. The molecular formula is C16H13FO. The van der Waals surface area contributed by atoms with Crippen LogP contribution in [0.1, 0.15) is 33.0 Å². The van der Waals surface area contributed by atoms with Gasteiger partial charge in [-0.2, -0.15) is 0 Å². The molecule has 90 valence electrons. The highest BCUT2D eigenvalue weighted by molar-refractivity contribution is 6.03. The first kappa shape index (κ1) is 11.1. The number of rotatable bonds is 2. The molecular weight excluding hydrogens is 227 g/mol. The van der Waals surface area contributed by atoms with Crippen molar-refractivity contribution in [1.82, 2.24) is 0 Å². The summed E-state index contributed by atoms with van der Waals surface area (Å²) in [7, 11) is 0. The van der Waals surface area contributed by atoms with E-state index >= 15 is 0 Å². The number of halogens is 1. The van der Waals surface area contributed by atoms with Gasteiger partial charge in [-0.25, -0.2) is 4.39 Å². The van der Waals surface area contributed by atoms with E-state index in [2.05, 4.69) is 0 Å². The Hall–Kier alpha value is -1.96. The summed E-state index contributed by atoms with van der Waals surface area (Å²) in [4.78, 5) is 12.4. The molecule has 3 rings (SSSR count). The molecule has 0 radical (unpaired) electrons. The Labute approximate surface area is 105 Å². The van der Waals surface area contributed by atoms with Crippen molar-refractivity contribution in [3.63, 3.8) is 0 Å². The van der Waals surface area contributed by atoms with Crippen LogP contribution in [0, 0.1) is 12.7 Å². The molecule has 1 aliphatic carbocycles. The quantitative estimate of drug-likeness (QED) is 0.732. The van der Waals surface area contributed by atoms with Gasteiger partial charge in [-0.1, -0.05) is 30.3 Å². The zero-order chi connectivity index (χ0) is 12.7. The van der Waals surface area contributed by atoms with Gasteiger partial charge in [-0.3, -0.25) is 4.79 Å². The van der Waals surface area contributed by atoms with E-state index in [0.29, 0.717) is 5.56 Å². The van der Waals surface area contributed by atoms with Gasteiger partial charge >= 0.3 is 0 Å². The summed E-state index contributed by atoms with van der Waals surface area (Å²) in [6.45, 7) is 1.84. The van der Waals surface area contributed by atoms with Crippen LogP contribution in [0.4, 0.5) is 4.39 Å². The molecule has 0 spiro atoms. The Kier molecular flexibility index (Phi) is 2.51. The molecule has 1 nitrogen and oxygen atoms in total. The molecule has 2 aromatic rings. The average Bonchev–Trinajstić information content (AvgIpc) is 2.33. The number of ketones is 1. The minimum absolute atomic E-state index is 0.0331. The fraction of sp³-hybridized carbons (Fsp3) is 0.188. The lowest BCUT2D eigenvalue weighted by molar-refractivity contribution is 0.0948. The normalized spacial score (nSPS) is 16.9. The predicted molar refractivity (Wildman–Crippen MR) is 68.4 cm³/mol. The van der Waals surface area contributed by atoms with E-state index in [4.69, 9.17) is 0 Å². The smallest absolute Gasteiger partial charge is 0.171 e. The van der Waals surface area contributed by atoms with E-state index in [0.717, 1.165) is 17.5 Å². The molecule has 1 unspecified atom stereocenters. The van der Waals surface area contributed by atoms with Crippen molar-refractivity contribution < 1.29 is 9.18 Å². The summed E-state index contributed by atoms with van der Waals surface area (Å²) in [6.07, 6.45) is 0.769. The molecule has 0 saturated carbocycles. The summed E-state index contributed by atoms with van der Waals surface area (Å²) < 4.78 is 13.2. The van der Waals surface area contributed by atoms with Crippen LogP contribution in [0.5, 0.6) is 0 Å². The second-order valence-electron chi connectivity index (χ2n) is 4.78. The SMILES string of the molecule is Cc1ccc(F)cc1C(=O)C1Cc2ccccc21. The Morgan fingerprint density at radius 3 is 2.78 bits per heavy atom. The molecule has 1 atom stereocenters. The number of hydrogen-bond donors (Lipinski definition) is 0. The van der Waals surface area contributed by atoms with Crippen molar-refractivity contribution in [2.45, 2.75) is 19.3 Å². The second-order valence-corrected chi connectivity index (χ2v) is 4.78. The molecule has 1 aliphatic rings. The minimum Gasteiger partial charge on any atom is -0.293 e. The molecule has 0 amide bonds. The molecule has 0 N–H and O–H groups in total. The summed E-state index contributed by atoms with van der Waals surface area (Å²) >= 11 is 0. The highest BCUT2D eigenvalue weighted by Gasteiger charge is 2.32. The molecule has 0 aromatic heterocycles.